The zero-order valence-electron chi connectivity index (χ0n) is 12.6. The Bertz CT molecular complexity index is 241. The average molecular weight is 252 g/mol. The average Bonchev–Trinajstić information content (AvgIpc) is 2.39. The molecule has 0 aromatic rings. The van der Waals surface area contributed by atoms with Gasteiger partial charge in [-0.1, -0.05) is 32.6 Å². The molecule has 106 valence electrons. The first-order valence-electron chi connectivity index (χ1n) is 8.10. The molecule has 4 unspecified atom stereocenters. The SMILES string of the molecule is CNC1CCCCC1CN(C)C1CCCCC1C. The number of hydrogen-bond donors (Lipinski definition) is 1. The molecule has 0 amide bonds. The molecule has 18 heavy (non-hydrogen) atoms. The van der Waals surface area contributed by atoms with E-state index in [1.807, 2.05) is 0 Å². The smallest absolute Gasteiger partial charge is 0.0118 e. The monoisotopic (exact) mass is 252 g/mol. The van der Waals surface area contributed by atoms with Gasteiger partial charge in [-0.15, -0.1) is 0 Å². The van der Waals surface area contributed by atoms with E-state index in [9.17, 15) is 0 Å². The van der Waals surface area contributed by atoms with Gasteiger partial charge in [-0.05, 0) is 51.6 Å². The Labute approximate surface area is 114 Å². The van der Waals surface area contributed by atoms with Crippen LogP contribution in [0.15, 0.2) is 0 Å². The quantitative estimate of drug-likeness (QED) is 0.826. The van der Waals surface area contributed by atoms with Crippen molar-refractivity contribution in [2.75, 3.05) is 20.6 Å². The third kappa shape index (κ3) is 3.48. The predicted molar refractivity (Wildman–Crippen MR) is 78.9 cm³/mol. The lowest BCUT2D eigenvalue weighted by atomic mass is 9.81. The minimum atomic E-state index is 0.764. The summed E-state index contributed by atoms with van der Waals surface area (Å²) >= 11 is 0. The van der Waals surface area contributed by atoms with Gasteiger partial charge in [0.15, 0.2) is 0 Å². The van der Waals surface area contributed by atoms with E-state index >= 15 is 0 Å². The van der Waals surface area contributed by atoms with Gasteiger partial charge >= 0.3 is 0 Å². The molecular formula is C16H32N2. The summed E-state index contributed by atoms with van der Waals surface area (Å²) in [6, 6.07) is 1.61. The molecule has 0 radical (unpaired) electrons. The maximum atomic E-state index is 3.55. The second-order valence-corrected chi connectivity index (χ2v) is 6.71. The van der Waals surface area contributed by atoms with Crippen molar-refractivity contribution in [3.05, 3.63) is 0 Å². The maximum Gasteiger partial charge on any atom is 0.0118 e. The summed E-state index contributed by atoms with van der Waals surface area (Å²) in [5.41, 5.74) is 0. The Kier molecular flexibility index (Phi) is 5.50. The van der Waals surface area contributed by atoms with Crippen LogP contribution in [0.2, 0.25) is 0 Å². The minimum absolute atomic E-state index is 0.764. The van der Waals surface area contributed by atoms with Crippen LogP contribution in [0.3, 0.4) is 0 Å². The van der Waals surface area contributed by atoms with Crippen LogP contribution in [0.1, 0.15) is 58.3 Å². The number of rotatable bonds is 4. The Morgan fingerprint density at radius 3 is 2.39 bits per heavy atom. The molecule has 2 saturated carbocycles. The van der Waals surface area contributed by atoms with Gasteiger partial charge in [0.05, 0.1) is 0 Å². The zero-order chi connectivity index (χ0) is 13.0. The molecular weight excluding hydrogens is 220 g/mol. The molecule has 0 aromatic heterocycles. The highest BCUT2D eigenvalue weighted by Gasteiger charge is 2.29. The standard InChI is InChI=1S/C16H32N2/c1-13-8-4-7-11-16(13)18(3)12-14-9-5-6-10-15(14)17-2/h13-17H,4-12H2,1-3H3. The molecule has 0 aromatic carbocycles. The first-order chi connectivity index (χ1) is 8.72. The fraction of sp³-hybridized carbons (Fsp3) is 1.00. The van der Waals surface area contributed by atoms with E-state index in [1.54, 1.807) is 0 Å². The van der Waals surface area contributed by atoms with Gasteiger partial charge in [0.2, 0.25) is 0 Å². The highest BCUT2D eigenvalue weighted by molar-refractivity contribution is 4.85. The van der Waals surface area contributed by atoms with Crippen molar-refractivity contribution in [1.82, 2.24) is 10.2 Å². The van der Waals surface area contributed by atoms with Crippen molar-refractivity contribution in [2.24, 2.45) is 11.8 Å². The molecule has 2 fully saturated rings. The van der Waals surface area contributed by atoms with Crippen LogP contribution in [0.25, 0.3) is 0 Å². The molecule has 2 rings (SSSR count). The van der Waals surface area contributed by atoms with Crippen molar-refractivity contribution >= 4 is 0 Å². The highest BCUT2D eigenvalue weighted by Crippen LogP contribution is 2.30. The Morgan fingerprint density at radius 1 is 1.00 bits per heavy atom. The molecule has 2 nitrogen and oxygen atoms in total. The van der Waals surface area contributed by atoms with Gasteiger partial charge in [0.25, 0.3) is 0 Å². The van der Waals surface area contributed by atoms with E-state index in [1.165, 1.54) is 57.9 Å². The van der Waals surface area contributed by atoms with Crippen molar-refractivity contribution in [2.45, 2.75) is 70.4 Å². The number of hydrogen-bond acceptors (Lipinski definition) is 2. The van der Waals surface area contributed by atoms with Gasteiger partial charge in [-0.2, -0.15) is 0 Å². The topological polar surface area (TPSA) is 15.3 Å². The number of nitrogens with zero attached hydrogens (tertiary/aromatic N) is 1. The third-order valence-electron chi connectivity index (χ3n) is 5.43. The van der Waals surface area contributed by atoms with Crippen molar-refractivity contribution in [1.29, 1.82) is 0 Å². The van der Waals surface area contributed by atoms with E-state index in [-0.39, 0.29) is 0 Å². The zero-order valence-corrected chi connectivity index (χ0v) is 12.6. The summed E-state index contributed by atoms with van der Waals surface area (Å²) in [7, 11) is 4.51. The van der Waals surface area contributed by atoms with Crippen molar-refractivity contribution in [3.8, 4) is 0 Å². The molecule has 0 spiro atoms. The lowest BCUT2D eigenvalue weighted by Crippen LogP contribution is -2.46. The lowest BCUT2D eigenvalue weighted by Gasteiger charge is -2.40. The third-order valence-corrected chi connectivity index (χ3v) is 5.43. The van der Waals surface area contributed by atoms with Gasteiger partial charge in [-0.25, -0.2) is 0 Å². The highest BCUT2D eigenvalue weighted by atomic mass is 15.1. The molecule has 0 bridgehead atoms. The molecule has 4 atom stereocenters. The van der Waals surface area contributed by atoms with E-state index in [2.05, 4.69) is 31.2 Å². The molecule has 0 saturated heterocycles. The van der Waals surface area contributed by atoms with Gasteiger partial charge < -0.3 is 10.2 Å². The van der Waals surface area contributed by atoms with Crippen molar-refractivity contribution in [3.63, 3.8) is 0 Å². The largest absolute Gasteiger partial charge is 0.317 e. The van der Waals surface area contributed by atoms with Crippen LogP contribution in [0.5, 0.6) is 0 Å². The Hall–Kier alpha value is -0.0800. The fourth-order valence-corrected chi connectivity index (χ4v) is 4.26. The summed E-state index contributed by atoms with van der Waals surface area (Å²) in [6.45, 7) is 3.76. The summed E-state index contributed by atoms with van der Waals surface area (Å²) in [5.74, 6) is 1.78. The van der Waals surface area contributed by atoms with E-state index < -0.39 is 0 Å². The van der Waals surface area contributed by atoms with Crippen LogP contribution in [0, 0.1) is 11.8 Å². The van der Waals surface area contributed by atoms with Crippen LogP contribution in [-0.2, 0) is 0 Å². The second-order valence-electron chi connectivity index (χ2n) is 6.71. The minimum Gasteiger partial charge on any atom is -0.317 e. The lowest BCUT2D eigenvalue weighted by molar-refractivity contribution is 0.101. The molecule has 2 heteroatoms. The van der Waals surface area contributed by atoms with E-state index in [4.69, 9.17) is 0 Å². The van der Waals surface area contributed by atoms with Crippen LogP contribution < -0.4 is 5.32 Å². The van der Waals surface area contributed by atoms with Crippen molar-refractivity contribution < 1.29 is 0 Å². The summed E-state index contributed by atoms with van der Waals surface area (Å²) in [5, 5.41) is 3.55. The van der Waals surface area contributed by atoms with E-state index in [0.717, 1.165) is 23.9 Å². The first kappa shape index (κ1) is 14.3. The second kappa shape index (κ2) is 6.91. The summed E-state index contributed by atoms with van der Waals surface area (Å²) < 4.78 is 0. The molecule has 2 aliphatic carbocycles. The molecule has 0 aliphatic heterocycles. The number of nitrogens with one attached hydrogen (secondary N) is 1. The fourth-order valence-electron chi connectivity index (χ4n) is 4.26. The Morgan fingerprint density at radius 2 is 1.67 bits per heavy atom. The summed E-state index contributed by atoms with van der Waals surface area (Å²) in [6.07, 6.45) is 11.4. The molecule has 2 aliphatic rings. The maximum absolute atomic E-state index is 3.55. The van der Waals surface area contributed by atoms with Crippen LogP contribution in [-0.4, -0.2) is 37.6 Å². The molecule has 1 N–H and O–H groups in total. The van der Waals surface area contributed by atoms with Gasteiger partial charge in [-0.3, -0.25) is 0 Å². The van der Waals surface area contributed by atoms with Gasteiger partial charge in [0.1, 0.15) is 0 Å². The Balaban J connectivity index is 1.86. The predicted octanol–water partition coefficient (Wildman–Crippen LogP) is 3.28. The molecule has 0 heterocycles. The van der Waals surface area contributed by atoms with E-state index in [0.29, 0.717) is 0 Å². The normalized spacial score (nSPS) is 38.0. The first-order valence-corrected chi connectivity index (χ1v) is 8.10. The van der Waals surface area contributed by atoms with Crippen LogP contribution >= 0.6 is 0 Å². The van der Waals surface area contributed by atoms with Gasteiger partial charge in [0, 0.05) is 18.6 Å². The van der Waals surface area contributed by atoms with Crippen LogP contribution in [0.4, 0.5) is 0 Å². The summed E-state index contributed by atoms with van der Waals surface area (Å²) in [4.78, 5) is 2.68.